The molecule has 0 aromatic rings. The number of carbonyl (C=O) groups excluding carboxylic acids is 1. The molecule has 1 aliphatic carbocycles. The Hall–Kier alpha value is -0.810. The van der Waals surface area contributed by atoms with Gasteiger partial charge < -0.3 is 20.5 Å². The van der Waals surface area contributed by atoms with Gasteiger partial charge in [0.05, 0.1) is 12.7 Å². The third kappa shape index (κ3) is 5.32. The third-order valence-corrected chi connectivity index (χ3v) is 2.77. The number of aliphatic hydroxyl groups is 1. The summed E-state index contributed by atoms with van der Waals surface area (Å²) in [5, 5.41) is 15.0. The van der Waals surface area contributed by atoms with E-state index in [1.165, 1.54) is 0 Å². The quantitative estimate of drug-likeness (QED) is 0.607. The molecule has 0 aromatic heterocycles. The smallest absolute Gasteiger partial charge is 0.315 e. The Morgan fingerprint density at radius 3 is 2.69 bits per heavy atom. The number of hydrogen-bond acceptors (Lipinski definition) is 3. The topological polar surface area (TPSA) is 70.6 Å². The van der Waals surface area contributed by atoms with E-state index in [4.69, 9.17) is 4.74 Å². The maximum absolute atomic E-state index is 11.4. The van der Waals surface area contributed by atoms with Crippen LogP contribution in [0.25, 0.3) is 0 Å². The minimum Gasteiger partial charge on any atom is -0.393 e. The van der Waals surface area contributed by atoms with Crippen LogP contribution in [0.2, 0.25) is 0 Å². The molecule has 1 rings (SSSR count). The lowest BCUT2D eigenvalue weighted by Gasteiger charge is -2.26. The van der Waals surface area contributed by atoms with Crippen LogP contribution in [0, 0.1) is 0 Å². The van der Waals surface area contributed by atoms with E-state index in [1.807, 2.05) is 6.92 Å². The van der Waals surface area contributed by atoms with Gasteiger partial charge in [-0.1, -0.05) is 0 Å². The number of ether oxygens (including phenoxy) is 1. The molecule has 0 unspecified atom stereocenters. The highest BCUT2D eigenvalue weighted by Gasteiger charge is 2.20. The maximum atomic E-state index is 11.4. The molecule has 94 valence electrons. The maximum Gasteiger partial charge on any atom is 0.315 e. The van der Waals surface area contributed by atoms with E-state index >= 15 is 0 Å². The van der Waals surface area contributed by atoms with Crippen LogP contribution in [-0.4, -0.2) is 43.0 Å². The van der Waals surface area contributed by atoms with Gasteiger partial charge in [0.2, 0.25) is 0 Å². The fourth-order valence-corrected chi connectivity index (χ4v) is 1.84. The number of nitrogens with one attached hydrogen (secondary N) is 2. The van der Waals surface area contributed by atoms with Crippen LogP contribution in [0.1, 0.15) is 32.6 Å². The van der Waals surface area contributed by atoms with E-state index in [1.54, 1.807) is 0 Å². The zero-order chi connectivity index (χ0) is 11.8. The number of rotatable bonds is 5. The molecule has 0 aliphatic heterocycles. The molecular formula is C11H22N2O3. The fraction of sp³-hybridized carbons (Fsp3) is 0.909. The average molecular weight is 230 g/mol. The molecular weight excluding hydrogens is 208 g/mol. The first kappa shape index (κ1) is 13.3. The lowest BCUT2D eigenvalue weighted by Crippen LogP contribution is -2.44. The molecule has 16 heavy (non-hydrogen) atoms. The van der Waals surface area contributed by atoms with E-state index in [0.29, 0.717) is 19.8 Å². The van der Waals surface area contributed by atoms with Crippen molar-refractivity contribution in [1.29, 1.82) is 0 Å². The molecule has 0 bridgehead atoms. The molecule has 0 saturated heterocycles. The summed E-state index contributed by atoms with van der Waals surface area (Å²) < 4.78 is 5.11. The van der Waals surface area contributed by atoms with Gasteiger partial charge in [-0.2, -0.15) is 0 Å². The minimum absolute atomic E-state index is 0.138. The van der Waals surface area contributed by atoms with Gasteiger partial charge in [-0.3, -0.25) is 0 Å². The molecule has 5 nitrogen and oxygen atoms in total. The first-order chi connectivity index (χ1) is 7.72. The highest BCUT2D eigenvalue weighted by molar-refractivity contribution is 5.74. The molecule has 2 amide bonds. The van der Waals surface area contributed by atoms with Crippen molar-refractivity contribution in [2.75, 3.05) is 19.8 Å². The fourth-order valence-electron chi connectivity index (χ4n) is 1.84. The molecule has 0 aromatic carbocycles. The van der Waals surface area contributed by atoms with E-state index in [2.05, 4.69) is 10.6 Å². The first-order valence-electron chi connectivity index (χ1n) is 6.02. The first-order valence-corrected chi connectivity index (χ1v) is 6.02. The summed E-state index contributed by atoms with van der Waals surface area (Å²) in [6.07, 6.45) is 3.10. The number of carbonyl (C=O) groups is 1. The summed E-state index contributed by atoms with van der Waals surface area (Å²) in [7, 11) is 0. The Kier molecular flexibility index (Phi) is 6.18. The summed E-state index contributed by atoms with van der Waals surface area (Å²) in [6, 6.07) is 0.0663. The SMILES string of the molecule is CCOCCNC(=O)NC1CCC(O)CC1. The number of urea groups is 1. The number of aliphatic hydroxyl groups excluding tert-OH is 1. The molecule has 0 spiro atoms. The number of amides is 2. The van der Waals surface area contributed by atoms with Crippen molar-refractivity contribution < 1.29 is 14.6 Å². The van der Waals surface area contributed by atoms with Crippen LogP contribution in [-0.2, 0) is 4.74 Å². The summed E-state index contributed by atoms with van der Waals surface area (Å²) in [6.45, 7) is 3.68. The van der Waals surface area contributed by atoms with Crippen LogP contribution in [0.3, 0.4) is 0 Å². The van der Waals surface area contributed by atoms with E-state index in [9.17, 15) is 9.90 Å². The Balaban J connectivity index is 2.05. The van der Waals surface area contributed by atoms with Crippen molar-refractivity contribution in [2.45, 2.75) is 44.8 Å². The second-order valence-corrected chi connectivity index (χ2v) is 4.10. The molecule has 1 fully saturated rings. The molecule has 0 atom stereocenters. The van der Waals surface area contributed by atoms with Crippen molar-refractivity contribution >= 4 is 6.03 Å². The lowest BCUT2D eigenvalue weighted by atomic mass is 9.93. The Morgan fingerprint density at radius 1 is 1.38 bits per heavy atom. The van der Waals surface area contributed by atoms with Gasteiger partial charge >= 0.3 is 6.03 Å². The van der Waals surface area contributed by atoms with Gasteiger partial charge in [-0.15, -0.1) is 0 Å². The predicted molar refractivity (Wildman–Crippen MR) is 61.3 cm³/mol. The summed E-state index contributed by atoms with van der Waals surface area (Å²) in [5.74, 6) is 0. The molecule has 1 aliphatic rings. The van der Waals surface area contributed by atoms with Crippen molar-refractivity contribution in [3.8, 4) is 0 Å². The zero-order valence-electron chi connectivity index (χ0n) is 9.87. The summed E-state index contributed by atoms with van der Waals surface area (Å²) in [5.41, 5.74) is 0. The van der Waals surface area contributed by atoms with Crippen molar-refractivity contribution in [3.63, 3.8) is 0 Å². The number of hydrogen-bond donors (Lipinski definition) is 3. The van der Waals surface area contributed by atoms with E-state index in [0.717, 1.165) is 25.7 Å². The zero-order valence-corrected chi connectivity index (χ0v) is 9.87. The van der Waals surface area contributed by atoms with Gasteiger partial charge in [0, 0.05) is 19.2 Å². The molecule has 1 saturated carbocycles. The summed E-state index contributed by atoms with van der Waals surface area (Å²) >= 11 is 0. The molecule has 3 N–H and O–H groups in total. The Morgan fingerprint density at radius 2 is 2.06 bits per heavy atom. The Labute approximate surface area is 96.6 Å². The highest BCUT2D eigenvalue weighted by Crippen LogP contribution is 2.17. The van der Waals surface area contributed by atoms with Crippen LogP contribution in [0.5, 0.6) is 0 Å². The molecule has 5 heteroatoms. The Bertz CT molecular complexity index is 203. The van der Waals surface area contributed by atoms with Crippen molar-refractivity contribution in [2.24, 2.45) is 0 Å². The molecule has 0 heterocycles. The second kappa shape index (κ2) is 7.46. The van der Waals surface area contributed by atoms with Crippen LogP contribution in [0.4, 0.5) is 4.79 Å². The van der Waals surface area contributed by atoms with Crippen LogP contribution < -0.4 is 10.6 Å². The molecule has 0 radical (unpaired) electrons. The van der Waals surface area contributed by atoms with Gasteiger partial charge in [-0.05, 0) is 32.6 Å². The summed E-state index contributed by atoms with van der Waals surface area (Å²) in [4.78, 5) is 11.4. The third-order valence-electron chi connectivity index (χ3n) is 2.77. The predicted octanol–water partition coefficient (Wildman–Crippen LogP) is 0.626. The average Bonchev–Trinajstić information content (AvgIpc) is 2.28. The van der Waals surface area contributed by atoms with Gasteiger partial charge in [0.25, 0.3) is 0 Å². The monoisotopic (exact) mass is 230 g/mol. The van der Waals surface area contributed by atoms with Crippen LogP contribution in [0.15, 0.2) is 0 Å². The minimum atomic E-state index is -0.181. The largest absolute Gasteiger partial charge is 0.393 e. The van der Waals surface area contributed by atoms with Gasteiger partial charge in [-0.25, -0.2) is 4.79 Å². The lowest BCUT2D eigenvalue weighted by molar-refractivity contribution is 0.117. The normalized spacial score (nSPS) is 25.1. The van der Waals surface area contributed by atoms with Crippen LogP contribution >= 0.6 is 0 Å². The standard InChI is InChI=1S/C11H22N2O3/c1-2-16-8-7-12-11(15)13-9-3-5-10(14)6-4-9/h9-10,14H,2-8H2,1H3,(H2,12,13,15). The second-order valence-electron chi connectivity index (χ2n) is 4.10. The van der Waals surface area contributed by atoms with Gasteiger partial charge in [0.1, 0.15) is 0 Å². The van der Waals surface area contributed by atoms with E-state index < -0.39 is 0 Å². The van der Waals surface area contributed by atoms with E-state index in [-0.39, 0.29) is 18.2 Å². The highest BCUT2D eigenvalue weighted by atomic mass is 16.5. The van der Waals surface area contributed by atoms with Gasteiger partial charge in [0.15, 0.2) is 0 Å². The van der Waals surface area contributed by atoms with Crippen molar-refractivity contribution in [1.82, 2.24) is 10.6 Å². The van der Waals surface area contributed by atoms with Crippen molar-refractivity contribution in [3.05, 3.63) is 0 Å².